The molecule has 1 aromatic carbocycles. The molecule has 3 rings (SSSR count). The van der Waals surface area contributed by atoms with Gasteiger partial charge in [-0.1, -0.05) is 39.7 Å². The van der Waals surface area contributed by atoms with E-state index in [1.807, 2.05) is 12.1 Å². The summed E-state index contributed by atoms with van der Waals surface area (Å²) in [7, 11) is 0. The van der Waals surface area contributed by atoms with Crippen LogP contribution in [-0.2, 0) is 12.0 Å². The standard InChI is InChI=1S/C17H22N2O2/c1-17(2,3)16-18-14-12(15(20)21)5-4-6-13(14)19(16)10-9-11-7-8-11/h4-6,11H,7-10H2,1-3H3,(H,20,21). The lowest BCUT2D eigenvalue weighted by Crippen LogP contribution is -2.19. The fourth-order valence-corrected chi connectivity index (χ4v) is 2.84. The zero-order chi connectivity index (χ0) is 15.2. The van der Waals surface area contributed by atoms with Crippen molar-refractivity contribution in [1.29, 1.82) is 0 Å². The maximum atomic E-state index is 11.4. The van der Waals surface area contributed by atoms with Crippen molar-refractivity contribution in [1.82, 2.24) is 9.55 Å². The number of hydrogen-bond donors (Lipinski definition) is 1. The largest absolute Gasteiger partial charge is 0.478 e. The Morgan fingerprint density at radius 3 is 2.67 bits per heavy atom. The van der Waals surface area contributed by atoms with Crippen molar-refractivity contribution >= 4 is 17.0 Å². The van der Waals surface area contributed by atoms with Crippen molar-refractivity contribution < 1.29 is 9.90 Å². The topological polar surface area (TPSA) is 55.1 Å². The van der Waals surface area contributed by atoms with E-state index in [4.69, 9.17) is 0 Å². The van der Waals surface area contributed by atoms with Gasteiger partial charge in [0.2, 0.25) is 0 Å². The molecule has 1 aliphatic carbocycles. The maximum Gasteiger partial charge on any atom is 0.337 e. The predicted molar refractivity (Wildman–Crippen MR) is 82.7 cm³/mol. The lowest BCUT2D eigenvalue weighted by molar-refractivity contribution is 0.0699. The summed E-state index contributed by atoms with van der Waals surface area (Å²) in [5.41, 5.74) is 1.76. The van der Waals surface area contributed by atoms with Crippen LogP contribution in [0.1, 0.15) is 56.2 Å². The molecule has 0 radical (unpaired) electrons. The van der Waals surface area contributed by atoms with Crippen molar-refractivity contribution in [2.24, 2.45) is 5.92 Å². The number of aromatic carboxylic acids is 1. The second-order valence-corrected chi connectivity index (χ2v) is 7.05. The number of benzene rings is 1. The van der Waals surface area contributed by atoms with Gasteiger partial charge in [0.1, 0.15) is 11.3 Å². The summed E-state index contributed by atoms with van der Waals surface area (Å²) in [5, 5.41) is 9.36. The number of fused-ring (bicyclic) bond motifs is 1. The van der Waals surface area contributed by atoms with E-state index in [0.29, 0.717) is 11.1 Å². The van der Waals surface area contributed by atoms with E-state index in [2.05, 4.69) is 30.3 Å². The Bertz CT molecular complexity index is 691. The molecule has 1 N–H and O–H groups in total. The van der Waals surface area contributed by atoms with Crippen LogP contribution in [0.3, 0.4) is 0 Å². The van der Waals surface area contributed by atoms with Crippen molar-refractivity contribution in [2.75, 3.05) is 0 Å². The number of carboxylic acid groups (broad SMARTS) is 1. The van der Waals surface area contributed by atoms with Gasteiger partial charge in [0.15, 0.2) is 0 Å². The first-order chi connectivity index (χ1) is 9.88. The van der Waals surface area contributed by atoms with Gasteiger partial charge in [0, 0.05) is 12.0 Å². The van der Waals surface area contributed by atoms with E-state index in [-0.39, 0.29) is 5.41 Å². The number of nitrogens with zero attached hydrogens (tertiary/aromatic N) is 2. The van der Waals surface area contributed by atoms with Crippen LogP contribution in [0, 0.1) is 5.92 Å². The van der Waals surface area contributed by atoms with Crippen LogP contribution in [0.5, 0.6) is 0 Å². The van der Waals surface area contributed by atoms with Gasteiger partial charge in [0.25, 0.3) is 0 Å². The second kappa shape index (κ2) is 4.86. The SMILES string of the molecule is CC(C)(C)c1nc2c(C(=O)O)cccc2n1CCC1CC1. The molecule has 0 aliphatic heterocycles. The first-order valence-electron chi connectivity index (χ1n) is 7.61. The van der Waals surface area contributed by atoms with Gasteiger partial charge in [0.05, 0.1) is 11.1 Å². The van der Waals surface area contributed by atoms with E-state index in [1.165, 1.54) is 12.8 Å². The minimum Gasteiger partial charge on any atom is -0.478 e. The number of aromatic nitrogens is 2. The molecule has 1 heterocycles. The molecule has 0 bridgehead atoms. The summed E-state index contributed by atoms with van der Waals surface area (Å²) in [6.45, 7) is 7.31. The highest BCUT2D eigenvalue weighted by atomic mass is 16.4. The summed E-state index contributed by atoms with van der Waals surface area (Å²) in [6, 6.07) is 5.43. The van der Waals surface area contributed by atoms with Crippen molar-refractivity contribution in [2.45, 2.75) is 52.0 Å². The summed E-state index contributed by atoms with van der Waals surface area (Å²) >= 11 is 0. The number of carboxylic acids is 1. The summed E-state index contributed by atoms with van der Waals surface area (Å²) < 4.78 is 2.22. The molecule has 0 saturated heterocycles. The van der Waals surface area contributed by atoms with Crippen LogP contribution in [0.4, 0.5) is 0 Å². The minimum atomic E-state index is -0.909. The number of carbonyl (C=O) groups is 1. The molecule has 0 atom stereocenters. The maximum absolute atomic E-state index is 11.4. The second-order valence-electron chi connectivity index (χ2n) is 7.05. The number of rotatable bonds is 4. The molecule has 1 aromatic heterocycles. The fourth-order valence-electron chi connectivity index (χ4n) is 2.84. The van der Waals surface area contributed by atoms with E-state index in [0.717, 1.165) is 30.2 Å². The fraction of sp³-hybridized carbons (Fsp3) is 0.529. The van der Waals surface area contributed by atoms with Gasteiger partial charge >= 0.3 is 5.97 Å². The molecule has 1 aliphatic rings. The normalized spacial score (nSPS) is 15.6. The van der Waals surface area contributed by atoms with E-state index >= 15 is 0 Å². The first kappa shape index (κ1) is 14.1. The lowest BCUT2D eigenvalue weighted by Gasteiger charge is -2.20. The third-order valence-electron chi connectivity index (χ3n) is 4.14. The van der Waals surface area contributed by atoms with Gasteiger partial charge in [-0.05, 0) is 24.5 Å². The molecule has 112 valence electrons. The highest BCUT2D eigenvalue weighted by Crippen LogP contribution is 2.35. The van der Waals surface area contributed by atoms with Gasteiger partial charge < -0.3 is 9.67 Å². The third kappa shape index (κ3) is 2.67. The molecule has 4 nitrogen and oxygen atoms in total. The Labute approximate surface area is 124 Å². The molecule has 2 aromatic rings. The highest BCUT2D eigenvalue weighted by molar-refractivity contribution is 6.01. The van der Waals surface area contributed by atoms with Crippen LogP contribution in [-0.4, -0.2) is 20.6 Å². The van der Waals surface area contributed by atoms with E-state index in [9.17, 15) is 9.90 Å². The Hall–Kier alpha value is -1.84. The average molecular weight is 286 g/mol. The zero-order valence-electron chi connectivity index (χ0n) is 12.9. The first-order valence-corrected chi connectivity index (χ1v) is 7.61. The molecule has 1 fully saturated rings. The van der Waals surface area contributed by atoms with E-state index in [1.54, 1.807) is 6.07 Å². The van der Waals surface area contributed by atoms with Crippen LogP contribution in [0.25, 0.3) is 11.0 Å². The van der Waals surface area contributed by atoms with E-state index < -0.39 is 5.97 Å². The highest BCUT2D eigenvalue weighted by Gasteiger charge is 2.27. The molecule has 0 unspecified atom stereocenters. The van der Waals surface area contributed by atoms with Gasteiger partial charge in [-0.25, -0.2) is 9.78 Å². The summed E-state index contributed by atoms with van der Waals surface area (Å²) in [5.74, 6) is 0.915. The number of imidazole rings is 1. The monoisotopic (exact) mass is 286 g/mol. The third-order valence-corrected chi connectivity index (χ3v) is 4.14. The zero-order valence-corrected chi connectivity index (χ0v) is 12.9. The summed E-state index contributed by atoms with van der Waals surface area (Å²) in [6.07, 6.45) is 3.82. The molecular weight excluding hydrogens is 264 g/mol. The van der Waals surface area contributed by atoms with Crippen LogP contribution >= 0.6 is 0 Å². The number of para-hydroxylation sites is 1. The van der Waals surface area contributed by atoms with Crippen LogP contribution in [0.15, 0.2) is 18.2 Å². The Morgan fingerprint density at radius 2 is 2.10 bits per heavy atom. The molecule has 21 heavy (non-hydrogen) atoms. The predicted octanol–water partition coefficient (Wildman–Crippen LogP) is 3.83. The number of hydrogen-bond acceptors (Lipinski definition) is 2. The molecule has 4 heteroatoms. The molecule has 1 saturated carbocycles. The Balaban J connectivity index is 2.15. The van der Waals surface area contributed by atoms with Gasteiger partial charge in [-0.15, -0.1) is 0 Å². The molecule has 0 amide bonds. The van der Waals surface area contributed by atoms with Crippen molar-refractivity contribution in [3.8, 4) is 0 Å². The molecule has 0 spiro atoms. The smallest absolute Gasteiger partial charge is 0.337 e. The Morgan fingerprint density at radius 1 is 1.38 bits per heavy atom. The minimum absolute atomic E-state index is 0.0989. The average Bonchev–Trinajstić information content (AvgIpc) is 3.14. The number of aryl methyl sites for hydroxylation is 1. The molecular formula is C17H22N2O2. The quantitative estimate of drug-likeness (QED) is 0.929. The summed E-state index contributed by atoms with van der Waals surface area (Å²) in [4.78, 5) is 16.1. The van der Waals surface area contributed by atoms with Gasteiger partial charge in [-0.2, -0.15) is 0 Å². The van der Waals surface area contributed by atoms with Crippen LogP contribution in [0.2, 0.25) is 0 Å². The van der Waals surface area contributed by atoms with Crippen LogP contribution < -0.4 is 0 Å². The van der Waals surface area contributed by atoms with Crippen molar-refractivity contribution in [3.05, 3.63) is 29.6 Å². The van der Waals surface area contributed by atoms with Crippen molar-refractivity contribution in [3.63, 3.8) is 0 Å². The Kier molecular flexibility index (Phi) is 3.27. The lowest BCUT2D eigenvalue weighted by atomic mass is 9.95. The van der Waals surface area contributed by atoms with Gasteiger partial charge in [-0.3, -0.25) is 0 Å².